The summed E-state index contributed by atoms with van der Waals surface area (Å²) in [7, 11) is 0. The number of aryl methyl sites for hydroxylation is 1. The standard InChI is InChI=1S/C16H10F2N2O.C2H6/c1-9-12-4-5-20-15(12)7-14(18)16(9)21-11-2-3-13(17)10(6-11)8-19;1-2/h2-7,20H,1H3;1-2H3. The van der Waals surface area contributed by atoms with Crippen LogP contribution in [0.5, 0.6) is 11.5 Å². The maximum atomic E-state index is 14.1. The van der Waals surface area contributed by atoms with Gasteiger partial charge in [-0.3, -0.25) is 0 Å². The van der Waals surface area contributed by atoms with Crippen LogP contribution in [0.2, 0.25) is 0 Å². The maximum absolute atomic E-state index is 14.1. The van der Waals surface area contributed by atoms with Gasteiger partial charge in [0.25, 0.3) is 0 Å². The average molecular weight is 314 g/mol. The zero-order chi connectivity index (χ0) is 17.0. The van der Waals surface area contributed by atoms with E-state index in [4.69, 9.17) is 10.00 Å². The van der Waals surface area contributed by atoms with Crippen LogP contribution in [0.1, 0.15) is 25.0 Å². The van der Waals surface area contributed by atoms with Crippen molar-refractivity contribution in [2.24, 2.45) is 0 Å². The van der Waals surface area contributed by atoms with E-state index in [1.54, 1.807) is 19.2 Å². The first kappa shape index (κ1) is 16.5. The largest absolute Gasteiger partial charge is 0.454 e. The van der Waals surface area contributed by atoms with Crippen molar-refractivity contribution in [3.8, 4) is 17.6 Å². The fourth-order valence-electron chi connectivity index (χ4n) is 2.22. The van der Waals surface area contributed by atoms with Crippen LogP contribution >= 0.6 is 0 Å². The molecule has 0 radical (unpaired) electrons. The monoisotopic (exact) mass is 314 g/mol. The molecule has 0 aliphatic rings. The zero-order valence-electron chi connectivity index (χ0n) is 13.1. The van der Waals surface area contributed by atoms with Crippen molar-refractivity contribution in [1.82, 2.24) is 4.98 Å². The molecule has 1 N–H and O–H groups in total. The van der Waals surface area contributed by atoms with Gasteiger partial charge >= 0.3 is 0 Å². The summed E-state index contributed by atoms with van der Waals surface area (Å²) in [5, 5.41) is 9.65. The van der Waals surface area contributed by atoms with Crippen LogP contribution in [-0.4, -0.2) is 4.98 Å². The van der Waals surface area contributed by atoms with E-state index in [1.165, 1.54) is 18.2 Å². The number of nitrogens with one attached hydrogen (secondary N) is 1. The van der Waals surface area contributed by atoms with E-state index >= 15 is 0 Å². The van der Waals surface area contributed by atoms with Crippen molar-refractivity contribution in [3.63, 3.8) is 0 Å². The summed E-state index contributed by atoms with van der Waals surface area (Å²) in [5.41, 5.74) is 1.16. The number of ether oxygens (including phenoxy) is 1. The van der Waals surface area contributed by atoms with Crippen LogP contribution in [0, 0.1) is 29.9 Å². The van der Waals surface area contributed by atoms with E-state index in [1.807, 2.05) is 19.9 Å². The highest BCUT2D eigenvalue weighted by Crippen LogP contribution is 2.33. The van der Waals surface area contributed by atoms with E-state index in [0.717, 1.165) is 11.5 Å². The molecule has 0 saturated carbocycles. The van der Waals surface area contributed by atoms with Gasteiger partial charge in [0.15, 0.2) is 11.6 Å². The molecular formula is C18H16F2N2O. The predicted octanol–water partition coefficient (Wildman–Crippen LogP) is 5.44. The molecule has 23 heavy (non-hydrogen) atoms. The minimum absolute atomic E-state index is 0.0672. The molecule has 1 aromatic heterocycles. The highest BCUT2D eigenvalue weighted by molar-refractivity contribution is 5.85. The molecule has 3 rings (SSSR count). The van der Waals surface area contributed by atoms with Crippen LogP contribution in [0.4, 0.5) is 8.78 Å². The van der Waals surface area contributed by atoms with E-state index in [9.17, 15) is 8.78 Å². The third kappa shape index (κ3) is 3.16. The molecule has 0 unspecified atom stereocenters. The van der Waals surface area contributed by atoms with Crippen molar-refractivity contribution in [1.29, 1.82) is 5.26 Å². The fraction of sp³-hybridized carbons (Fsp3) is 0.167. The second-order valence-electron chi connectivity index (χ2n) is 4.61. The second-order valence-corrected chi connectivity index (χ2v) is 4.61. The Labute approximate surface area is 133 Å². The first-order chi connectivity index (χ1) is 11.1. The second kappa shape index (κ2) is 6.93. The predicted molar refractivity (Wildman–Crippen MR) is 85.5 cm³/mol. The van der Waals surface area contributed by atoms with Crippen molar-refractivity contribution in [3.05, 3.63) is 59.3 Å². The lowest BCUT2D eigenvalue weighted by atomic mass is 10.1. The van der Waals surface area contributed by atoms with Gasteiger partial charge in [-0.05, 0) is 25.1 Å². The summed E-state index contributed by atoms with van der Waals surface area (Å²) < 4.78 is 32.9. The molecule has 0 saturated heterocycles. The molecule has 0 aliphatic carbocycles. The molecule has 0 bridgehead atoms. The highest BCUT2D eigenvalue weighted by Gasteiger charge is 2.14. The van der Waals surface area contributed by atoms with Gasteiger partial charge in [0.05, 0.1) is 5.56 Å². The lowest BCUT2D eigenvalue weighted by Gasteiger charge is -2.11. The maximum Gasteiger partial charge on any atom is 0.168 e. The van der Waals surface area contributed by atoms with Gasteiger partial charge in [0.2, 0.25) is 0 Å². The number of hydrogen-bond acceptors (Lipinski definition) is 2. The van der Waals surface area contributed by atoms with Gasteiger partial charge in [-0.25, -0.2) is 8.78 Å². The minimum atomic E-state index is -0.636. The number of rotatable bonds is 2. The van der Waals surface area contributed by atoms with Crippen LogP contribution in [0.3, 0.4) is 0 Å². The topological polar surface area (TPSA) is 48.8 Å². The first-order valence-electron chi connectivity index (χ1n) is 7.24. The van der Waals surface area contributed by atoms with Crippen molar-refractivity contribution in [2.75, 3.05) is 0 Å². The smallest absolute Gasteiger partial charge is 0.168 e. The van der Waals surface area contributed by atoms with Gasteiger partial charge in [-0.15, -0.1) is 0 Å². The molecule has 0 fully saturated rings. The Kier molecular flexibility index (Phi) is 4.97. The van der Waals surface area contributed by atoms with Crippen LogP contribution in [-0.2, 0) is 0 Å². The van der Waals surface area contributed by atoms with Gasteiger partial charge in [-0.1, -0.05) is 13.8 Å². The SMILES string of the molecule is CC.Cc1c(Oc2ccc(F)c(C#N)c2)c(F)cc2[nH]ccc12. The third-order valence-electron chi connectivity index (χ3n) is 3.29. The van der Waals surface area contributed by atoms with Gasteiger partial charge in [0.1, 0.15) is 17.6 Å². The van der Waals surface area contributed by atoms with Crippen LogP contribution < -0.4 is 4.74 Å². The van der Waals surface area contributed by atoms with Gasteiger partial charge in [0, 0.05) is 34.8 Å². The Hall–Kier alpha value is -2.87. The number of aromatic amines is 1. The molecule has 118 valence electrons. The molecule has 2 aromatic carbocycles. The Morgan fingerprint density at radius 2 is 1.83 bits per heavy atom. The summed E-state index contributed by atoms with van der Waals surface area (Å²) in [5.74, 6) is -0.879. The lowest BCUT2D eigenvalue weighted by Crippen LogP contribution is -1.94. The van der Waals surface area contributed by atoms with E-state index in [-0.39, 0.29) is 17.1 Å². The Morgan fingerprint density at radius 1 is 1.09 bits per heavy atom. The third-order valence-corrected chi connectivity index (χ3v) is 3.29. The summed E-state index contributed by atoms with van der Waals surface area (Å²) in [6, 6.07) is 8.61. The minimum Gasteiger partial charge on any atom is -0.454 e. The number of nitriles is 1. The molecule has 0 aliphatic heterocycles. The Balaban J connectivity index is 0.000000924. The quantitative estimate of drug-likeness (QED) is 0.684. The van der Waals surface area contributed by atoms with Crippen molar-refractivity contribution >= 4 is 10.9 Å². The summed E-state index contributed by atoms with van der Waals surface area (Å²) in [4.78, 5) is 2.93. The molecule has 0 spiro atoms. The normalized spacial score (nSPS) is 9.91. The van der Waals surface area contributed by atoms with E-state index in [0.29, 0.717) is 11.1 Å². The van der Waals surface area contributed by atoms with Crippen molar-refractivity contribution < 1.29 is 13.5 Å². The molecule has 5 heteroatoms. The van der Waals surface area contributed by atoms with Gasteiger partial charge < -0.3 is 9.72 Å². The lowest BCUT2D eigenvalue weighted by molar-refractivity contribution is 0.438. The number of fused-ring (bicyclic) bond motifs is 1. The fourth-order valence-corrected chi connectivity index (χ4v) is 2.22. The molecule has 3 nitrogen and oxygen atoms in total. The number of H-pyrrole nitrogens is 1. The molecule has 3 aromatic rings. The molecule has 1 heterocycles. The first-order valence-corrected chi connectivity index (χ1v) is 7.24. The van der Waals surface area contributed by atoms with Crippen LogP contribution in [0.15, 0.2) is 36.5 Å². The number of aromatic nitrogens is 1. The molecular weight excluding hydrogens is 298 g/mol. The Morgan fingerprint density at radius 3 is 2.52 bits per heavy atom. The van der Waals surface area contributed by atoms with Gasteiger partial charge in [-0.2, -0.15) is 5.26 Å². The summed E-state index contributed by atoms with van der Waals surface area (Å²) in [6.07, 6.45) is 1.71. The van der Waals surface area contributed by atoms with E-state index in [2.05, 4.69) is 4.98 Å². The molecule has 0 amide bonds. The molecule has 0 atom stereocenters. The Bertz CT molecular complexity index is 879. The number of hydrogen-bond donors (Lipinski definition) is 1. The number of nitrogens with zero attached hydrogens (tertiary/aromatic N) is 1. The van der Waals surface area contributed by atoms with Crippen molar-refractivity contribution in [2.45, 2.75) is 20.8 Å². The summed E-state index contributed by atoms with van der Waals surface area (Å²) >= 11 is 0. The number of halogens is 2. The number of benzene rings is 2. The highest BCUT2D eigenvalue weighted by atomic mass is 19.1. The van der Waals surface area contributed by atoms with E-state index < -0.39 is 11.6 Å². The average Bonchev–Trinajstić information content (AvgIpc) is 3.03. The zero-order valence-corrected chi connectivity index (χ0v) is 13.1. The summed E-state index contributed by atoms with van der Waals surface area (Å²) in [6.45, 7) is 5.74. The van der Waals surface area contributed by atoms with Crippen LogP contribution in [0.25, 0.3) is 10.9 Å².